The lowest BCUT2D eigenvalue weighted by Gasteiger charge is -2.24. The third-order valence-electron chi connectivity index (χ3n) is 7.60. The summed E-state index contributed by atoms with van der Waals surface area (Å²) in [7, 11) is 0. The van der Waals surface area contributed by atoms with Crippen molar-refractivity contribution in [2.75, 3.05) is 13.2 Å². The molecule has 9 heteroatoms. The number of carbonyl (C=O) groups excluding carboxylic acids is 4. The van der Waals surface area contributed by atoms with Crippen molar-refractivity contribution in [3.8, 4) is 0 Å². The molecule has 236 valence electrons. The van der Waals surface area contributed by atoms with E-state index in [9.17, 15) is 24.3 Å². The first-order valence-electron chi connectivity index (χ1n) is 15.2. The van der Waals surface area contributed by atoms with E-state index in [0.717, 1.165) is 16.7 Å². The third-order valence-corrected chi connectivity index (χ3v) is 7.60. The van der Waals surface area contributed by atoms with E-state index >= 15 is 0 Å². The Morgan fingerprint density at radius 1 is 0.844 bits per heavy atom. The predicted molar refractivity (Wildman–Crippen MR) is 168 cm³/mol. The minimum absolute atomic E-state index is 0.0187. The van der Waals surface area contributed by atoms with Gasteiger partial charge in [-0.2, -0.15) is 0 Å². The van der Waals surface area contributed by atoms with Crippen molar-refractivity contribution in [2.45, 2.75) is 50.8 Å². The van der Waals surface area contributed by atoms with Crippen LogP contribution in [0.5, 0.6) is 0 Å². The SMILES string of the molecule is O=C(CC1CC=CCC(Cc2ccccc2)C(=O)OCC(C(=O)OCc2ccccc2)NC1=O)NC(CO)Cc1ccccc1. The summed E-state index contributed by atoms with van der Waals surface area (Å²) in [4.78, 5) is 52.8. The van der Waals surface area contributed by atoms with Gasteiger partial charge in [0.25, 0.3) is 0 Å². The van der Waals surface area contributed by atoms with Crippen molar-refractivity contribution in [1.29, 1.82) is 0 Å². The van der Waals surface area contributed by atoms with Gasteiger partial charge >= 0.3 is 11.9 Å². The van der Waals surface area contributed by atoms with Gasteiger partial charge in [0.05, 0.1) is 24.5 Å². The van der Waals surface area contributed by atoms with Crippen molar-refractivity contribution < 1.29 is 33.8 Å². The number of benzene rings is 3. The van der Waals surface area contributed by atoms with Gasteiger partial charge in [-0.15, -0.1) is 0 Å². The highest BCUT2D eigenvalue weighted by Gasteiger charge is 2.31. The topological polar surface area (TPSA) is 131 Å². The van der Waals surface area contributed by atoms with Crippen LogP contribution in [0, 0.1) is 11.8 Å². The molecule has 4 unspecified atom stereocenters. The Labute approximate surface area is 263 Å². The molecule has 0 spiro atoms. The summed E-state index contributed by atoms with van der Waals surface area (Å²) in [6.07, 6.45) is 4.88. The van der Waals surface area contributed by atoms with E-state index in [2.05, 4.69) is 10.6 Å². The zero-order valence-electron chi connectivity index (χ0n) is 25.2. The lowest BCUT2D eigenvalue weighted by molar-refractivity contribution is -0.157. The molecule has 1 aliphatic rings. The Morgan fingerprint density at radius 3 is 2.04 bits per heavy atom. The van der Waals surface area contributed by atoms with Gasteiger partial charge in [0.15, 0.2) is 6.04 Å². The van der Waals surface area contributed by atoms with Crippen LogP contribution in [0.3, 0.4) is 0 Å². The molecule has 4 rings (SSSR count). The number of carbonyl (C=O) groups is 4. The summed E-state index contributed by atoms with van der Waals surface area (Å²) in [6, 6.07) is 26.4. The summed E-state index contributed by atoms with van der Waals surface area (Å²) in [5, 5.41) is 15.4. The molecule has 2 amide bonds. The normalized spacial score (nSPS) is 19.6. The maximum absolute atomic E-state index is 13.5. The smallest absolute Gasteiger partial charge is 0.332 e. The number of hydrogen-bond donors (Lipinski definition) is 3. The third kappa shape index (κ3) is 11.0. The quantitative estimate of drug-likeness (QED) is 0.222. The number of amides is 2. The first-order chi connectivity index (χ1) is 21.9. The van der Waals surface area contributed by atoms with Crippen LogP contribution in [0.1, 0.15) is 36.0 Å². The lowest BCUT2D eigenvalue weighted by atomic mass is 9.94. The van der Waals surface area contributed by atoms with Crippen LogP contribution in [-0.4, -0.2) is 54.2 Å². The summed E-state index contributed by atoms with van der Waals surface area (Å²) >= 11 is 0. The minimum atomic E-state index is -1.26. The Hall–Kier alpha value is -4.76. The zero-order chi connectivity index (χ0) is 31.9. The standard InChI is InChI=1S/C36H40N2O7/c39-23-31(21-27-14-6-2-7-15-27)37-33(40)22-29-18-10-11-19-30(20-26-12-4-1-5-13-26)35(42)45-25-32(38-34(29)41)36(43)44-24-28-16-8-3-9-17-28/h1-17,29-32,39H,18-25H2,(H,37,40)(H,38,41). The van der Waals surface area contributed by atoms with Gasteiger partial charge in [0.2, 0.25) is 11.8 Å². The number of hydrogen-bond acceptors (Lipinski definition) is 7. The highest BCUT2D eigenvalue weighted by molar-refractivity contribution is 5.89. The lowest BCUT2D eigenvalue weighted by Crippen LogP contribution is -2.49. The zero-order valence-corrected chi connectivity index (χ0v) is 25.2. The molecular weight excluding hydrogens is 572 g/mol. The second-order valence-electron chi connectivity index (χ2n) is 11.2. The minimum Gasteiger partial charge on any atom is -0.463 e. The molecule has 1 aliphatic heterocycles. The number of allylic oxidation sites excluding steroid dienone is 2. The molecule has 3 N–H and O–H groups in total. The molecule has 0 bridgehead atoms. The second kappa shape index (κ2) is 17.5. The molecule has 0 saturated carbocycles. The van der Waals surface area contributed by atoms with E-state index in [1.165, 1.54) is 0 Å². The monoisotopic (exact) mass is 612 g/mol. The first kappa shape index (κ1) is 33.1. The molecule has 4 atom stereocenters. The molecule has 1 heterocycles. The van der Waals surface area contributed by atoms with E-state index in [1.54, 1.807) is 18.2 Å². The Bertz CT molecular complexity index is 1410. The van der Waals surface area contributed by atoms with Crippen LogP contribution in [-0.2, 0) is 48.1 Å². The number of esters is 2. The number of nitrogens with one attached hydrogen (secondary N) is 2. The highest BCUT2D eigenvalue weighted by atomic mass is 16.6. The molecule has 0 radical (unpaired) electrons. The van der Waals surface area contributed by atoms with Gasteiger partial charge in [-0.25, -0.2) is 4.79 Å². The molecular formula is C36H40N2O7. The Morgan fingerprint density at radius 2 is 1.42 bits per heavy atom. The molecule has 0 fully saturated rings. The first-order valence-corrected chi connectivity index (χ1v) is 15.2. The van der Waals surface area contributed by atoms with Crippen LogP contribution < -0.4 is 10.6 Å². The van der Waals surface area contributed by atoms with E-state index < -0.39 is 54.3 Å². The Balaban J connectivity index is 1.48. The van der Waals surface area contributed by atoms with Gasteiger partial charge in [0, 0.05) is 6.42 Å². The molecule has 3 aromatic rings. The highest BCUT2D eigenvalue weighted by Crippen LogP contribution is 2.19. The van der Waals surface area contributed by atoms with E-state index in [4.69, 9.17) is 9.47 Å². The van der Waals surface area contributed by atoms with Crippen molar-refractivity contribution in [3.63, 3.8) is 0 Å². The predicted octanol–water partition coefficient (Wildman–Crippen LogP) is 3.69. The molecule has 0 aliphatic carbocycles. The summed E-state index contributed by atoms with van der Waals surface area (Å²) < 4.78 is 11.1. The fraction of sp³-hybridized carbons (Fsp3) is 0.333. The van der Waals surface area contributed by atoms with E-state index in [-0.39, 0.29) is 26.1 Å². The maximum Gasteiger partial charge on any atom is 0.332 e. The summed E-state index contributed by atoms with van der Waals surface area (Å²) in [5.41, 5.74) is 2.69. The fourth-order valence-electron chi connectivity index (χ4n) is 5.11. The number of aliphatic hydroxyl groups is 1. The maximum atomic E-state index is 13.5. The van der Waals surface area contributed by atoms with Gasteiger partial charge in [-0.05, 0) is 42.4 Å². The van der Waals surface area contributed by atoms with Gasteiger partial charge in [0.1, 0.15) is 13.2 Å². The molecule has 3 aromatic carbocycles. The second-order valence-corrected chi connectivity index (χ2v) is 11.2. The summed E-state index contributed by atoms with van der Waals surface area (Å²) in [6.45, 7) is -0.689. The number of cyclic esters (lactones) is 1. The van der Waals surface area contributed by atoms with Crippen LogP contribution in [0.4, 0.5) is 0 Å². The van der Waals surface area contributed by atoms with Gasteiger partial charge in [-0.3, -0.25) is 14.4 Å². The average Bonchev–Trinajstić information content (AvgIpc) is 3.06. The van der Waals surface area contributed by atoms with E-state index in [0.29, 0.717) is 19.3 Å². The van der Waals surface area contributed by atoms with Crippen molar-refractivity contribution in [2.24, 2.45) is 11.8 Å². The van der Waals surface area contributed by atoms with Crippen LogP contribution >= 0.6 is 0 Å². The largest absolute Gasteiger partial charge is 0.463 e. The fourth-order valence-corrected chi connectivity index (χ4v) is 5.11. The van der Waals surface area contributed by atoms with Gasteiger partial charge < -0.3 is 25.2 Å². The van der Waals surface area contributed by atoms with Gasteiger partial charge in [-0.1, -0.05) is 103 Å². The van der Waals surface area contributed by atoms with Crippen LogP contribution in [0.25, 0.3) is 0 Å². The molecule has 45 heavy (non-hydrogen) atoms. The van der Waals surface area contributed by atoms with E-state index in [1.807, 2.05) is 84.9 Å². The molecule has 0 saturated heterocycles. The molecule has 9 nitrogen and oxygen atoms in total. The number of aliphatic hydroxyl groups excluding tert-OH is 1. The van der Waals surface area contributed by atoms with Crippen LogP contribution in [0.2, 0.25) is 0 Å². The van der Waals surface area contributed by atoms with Crippen LogP contribution in [0.15, 0.2) is 103 Å². The number of ether oxygens (including phenoxy) is 2. The molecule has 0 aromatic heterocycles. The van der Waals surface area contributed by atoms with Crippen molar-refractivity contribution in [3.05, 3.63) is 120 Å². The van der Waals surface area contributed by atoms with Crippen molar-refractivity contribution >= 4 is 23.8 Å². The summed E-state index contributed by atoms with van der Waals surface area (Å²) in [5.74, 6) is -3.50. The average molecular weight is 613 g/mol. The Kier molecular flexibility index (Phi) is 12.9. The van der Waals surface area contributed by atoms with Crippen molar-refractivity contribution in [1.82, 2.24) is 10.6 Å². The number of rotatable bonds is 11.